The van der Waals surface area contributed by atoms with Crippen LogP contribution in [-0.4, -0.2) is 105 Å². The van der Waals surface area contributed by atoms with E-state index in [0.717, 1.165) is 17.9 Å². The molecule has 5 rings (SSSR count). The van der Waals surface area contributed by atoms with Gasteiger partial charge in [0.1, 0.15) is 11.6 Å². The molecule has 4 heterocycles. The average Bonchev–Trinajstić information content (AvgIpc) is 3.61. The minimum Gasteiger partial charge on any atom is -0.444 e. The second-order valence-corrected chi connectivity index (χ2v) is 12.4. The van der Waals surface area contributed by atoms with E-state index < -0.39 is 29.5 Å². The number of halogens is 3. The summed E-state index contributed by atoms with van der Waals surface area (Å²) in [6.45, 7) is 9.19. The number of fused-ring (bicyclic) bond motifs is 1. The fourth-order valence-electron chi connectivity index (χ4n) is 5.57. The number of alkyl halides is 3. The van der Waals surface area contributed by atoms with E-state index in [1.165, 1.54) is 6.07 Å². The van der Waals surface area contributed by atoms with E-state index in [2.05, 4.69) is 14.8 Å². The average molecular weight is 569 g/mol. The maximum atomic E-state index is 13.4. The van der Waals surface area contributed by atoms with Gasteiger partial charge < -0.3 is 19.1 Å². The molecule has 9 nitrogen and oxygen atoms in total. The van der Waals surface area contributed by atoms with E-state index in [1.54, 1.807) is 16.7 Å². The lowest BCUT2D eigenvalue weighted by Crippen LogP contribution is -2.52. The van der Waals surface area contributed by atoms with Gasteiger partial charge in [0.25, 0.3) is 0 Å². The number of anilines is 1. The third-order valence-corrected chi connectivity index (χ3v) is 8.52. The summed E-state index contributed by atoms with van der Waals surface area (Å²) >= 11 is 1.71. The fourth-order valence-corrected chi connectivity index (χ4v) is 6.52. The van der Waals surface area contributed by atoms with E-state index in [-0.39, 0.29) is 11.9 Å². The van der Waals surface area contributed by atoms with Crippen molar-refractivity contribution in [2.75, 3.05) is 55.8 Å². The highest BCUT2D eigenvalue weighted by atomic mass is 32.2. The molecule has 0 aliphatic carbocycles. The smallest absolute Gasteiger partial charge is 0.416 e. The van der Waals surface area contributed by atoms with Gasteiger partial charge in [-0.2, -0.15) is 13.2 Å². The van der Waals surface area contributed by atoms with Crippen molar-refractivity contribution in [2.24, 2.45) is 7.05 Å². The number of hydrogen-bond donors (Lipinski definition) is 0. The third-order valence-electron chi connectivity index (χ3n) is 7.55. The van der Waals surface area contributed by atoms with Gasteiger partial charge >= 0.3 is 12.3 Å². The molecule has 214 valence electrons. The van der Waals surface area contributed by atoms with Gasteiger partial charge in [0, 0.05) is 58.1 Å². The highest BCUT2D eigenvalue weighted by Gasteiger charge is 2.45. The number of ether oxygens (including phenoxy) is 1. The van der Waals surface area contributed by atoms with Gasteiger partial charge in [-0.1, -0.05) is 0 Å². The van der Waals surface area contributed by atoms with Gasteiger partial charge in [-0.3, -0.25) is 14.6 Å². The molecule has 2 aromatic rings. The summed E-state index contributed by atoms with van der Waals surface area (Å²) in [4.78, 5) is 38.8. The van der Waals surface area contributed by atoms with Gasteiger partial charge in [0.15, 0.2) is 0 Å². The van der Waals surface area contributed by atoms with Crippen molar-refractivity contribution >= 4 is 40.7 Å². The van der Waals surface area contributed by atoms with Crippen molar-refractivity contribution in [1.82, 2.24) is 24.3 Å². The summed E-state index contributed by atoms with van der Waals surface area (Å²) < 4.78 is 47.0. The topological polar surface area (TPSA) is 74.2 Å². The van der Waals surface area contributed by atoms with Crippen LogP contribution in [0.1, 0.15) is 32.8 Å². The lowest BCUT2D eigenvalue weighted by molar-refractivity contribution is -0.137. The highest BCUT2D eigenvalue weighted by molar-refractivity contribution is 7.99. The number of carbonyl (C=O) groups excluding carboxylic acids is 2. The first-order valence-electron chi connectivity index (χ1n) is 13.2. The van der Waals surface area contributed by atoms with Gasteiger partial charge in [0.2, 0.25) is 11.9 Å². The Morgan fingerprint density at radius 2 is 1.79 bits per heavy atom. The second kappa shape index (κ2) is 10.4. The minimum absolute atomic E-state index is 0.0126. The van der Waals surface area contributed by atoms with Crippen molar-refractivity contribution in [2.45, 2.75) is 51.1 Å². The Balaban J connectivity index is 1.28. The molecular weight excluding hydrogens is 533 g/mol. The quantitative estimate of drug-likeness (QED) is 0.560. The normalized spacial score (nSPS) is 23.2. The number of aryl methyl sites for hydroxylation is 1. The zero-order valence-corrected chi connectivity index (χ0v) is 23.5. The molecule has 0 spiro atoms. The molecule has 1 aromatic carbocycles. The molecule has 0 bridgehead atoms. The van der Waals surface area contributed by atoms with Crippen LogP contribution < -0.4 is 4.90 Å². The molecule has 0 unspecified atom stereocenters. The summed E-state index contributed by atoms with van der Waals surface area (Å²) in [6, 6.07) is 3.10. The molecule has 3 fully saturated rings. The van der Waals surface area contributed by atoms with E-state index in [1.807, 2.05) is 37.3 Å². The number of aromatic nitrogens is 2. The fraction of sp³-hybridized carbons (Fsp3) is 0.654. The zero-order chi connectivity index (χ0) is 28.1. The van der Waals surface area contributed by atoms with Crippen molar-refractivity contribution in [3.05, 3.63) is 23.8 Å². The van der Waals surface area contributed by atoms with Crippen LogP contribution in [0.15, 0.2) is 18.2 Å². The molecule has 3 saturated heterocycles. The van der Waals surface area contributed by atoms with Crippen molar-refractivity contribution in [3.63, 3.8) is 0 Å². The first kappa shape index (κ1) is 27.9. The number of thioether (sulfide) groups is 1. The number of rotatable bonds is 3. The molecule has 0 radical (unpaired) electrons. The number of hydrogen-bond acceptors (Lipinski definition) is 7. The van der Waals surface area contributed by atoms with Crippen molar-refractivity contribution in [1.29, 1.82) is 0 Å². The number of likely N-dealkylation sites (tertiary alicyclic amines) is 1. The van der Waals surface area contributed by atoms with Crippen LogP contribution in [0.4, 0.5) is 23.9 Å². The maximum Gasteiger partial charge on any atom is 0.416 e. The van der Waals surface area contributed by atoms with E-state index >= 15 is 0 Å². The Morgan fingerprint density at radius 1 is 1.08 bits per heavy atom. The lowest BCUT2D eigenvalue weighted by Gasteiger charge is -2.38. The van der Waals surface area contributed by atoms with Crippen molar-refractivity contribution < 1.29 is 27.5 Å². The minimum atomic E-state index is -4.42. The van der Waals surface area contributed by atoms with Crippen LogP contribution >= 0.6 is 11.8 Å². The molecule has 0 N–H and O–H groups in total. The van der Waals surface area contributed by atoms with Crippen LogP contribution in [0.5, 0.6) is 0 Å². The molecule has 0 saturated carbocycles. The molecule has 3 aliphatic rings. The number of benzene rings is 1. The van der Waals surface area contributed by atoms with Crippen LogP contribution in [0.25, 0.3) is 11.0 Å². The monoisotopic (exact) mass is 568 g/mol. The Hall–Kier alpha value is -2.67. The van der Waals surface area contributed by atoms with E-state index in [0.29, 0.717) is 68.5 Å². The van der Waals surface area contributed by atoms with Gasteiger partial charge in [-0.15, -0.1) is 11.8 Å². The van der Waals surface area contributed by atoms with Crippen LogP contribution in [0, 0.1) is 0 Å². The molecule has 3 aliphatic heterocycles. The number of piperazine rings is 1. The van der Waals surface area contributed by atoms with E-state index in [4.69, 9.17) is 4.74 Å². The Bertz CT molecular complexity index is 1230. The van der Waals surface area contributed by atoms with Gasteiger partial charge in [0.05, 0.1) is 22.5 Å². The Kier molecular flexibility index (Phi) is 7.42. The van der Waals surface area contributed by atoms with Crippen LogP contribution in [0.3, 0.4) is 0 Å². The zero-order valence-electron chi connectivity index (χ0n) is 22.7. The molecular formula is C26H35F3N6O3S. The largest absolute Gasteiger partial charge is 0.444 e. The second-order valence-electron chi connectivity index (χ2n) is 11.4. The first-order chi connectivity index (χ1) is 18.3. The lowest BCUT2D eigenvalue weighted by atomic mass is 10.1. The van der Waals surface area contributed by atoms with Gasteiger partial charge in [-0.25, -0.2) is 9.78 Å². The molecule has 2 atom stereocenters. The molecule has 2 amide bonds. The van der Waals surface area contributed by atoms with Crippen LogP contribution in [0.2, 0.25) is 0 Å². The van der Waals surface area contributed by atoms with E-state index in [9.17, 15) is 22.8 Å². The Labute approximate surface area is 230 Å². The van der Waals surface area contributed by atoms with Gasteiger partial charge in [-0.05, 0) is 45.4 Å². The number of carbonyl (C=O) groups is 2. The number of nitrogens with zero attached hydrogens (tertiary/aromatic N) is 6. The maximum absolute atomic E-state index is 13.4. The summed E-state index contributed by atoms with van der Waals surface area (Å²) in [7, 11) is 1.81. The highest BCUT2D eigenvalue weighted by Crippen LogP contribution is 2.33. The number of amides is 2. The first-order valence-corrected chi connectivity index (χ1v) is 14.4. The van der Waals surface area contributed by atoms with Crippen molar-refractivity contribution in [3.8, 4) is 0 Å². The molecule has 13 heteroatoms. The summed E-state index contributed by atoms with van der Waals surface area (Å²) in [5.41, 5.74) is -0.415. The molecule has 39 heavy (non-hydrogen) atoms. The SMILES string of the molecule is Cn1c(N2CCN([C@H]3C[C@@H](C(=O)N4CCSC4)N(C(=O)OC(C)(C)C)C3)CC2)nc2cc(C(F)(F)F)ccc21. The summed E-state index contributed by atoms with van der Waals surface area (Å²) in [5.74, 6) is 2.15. The summed E-state index contributed by atoms with van der Waals surface area (Å²) in [6.07, 6.45) is -4.34. The standard InChI is InChI=1S/C26H35F3N6O3S/c1-25(2,3)38-24(37)35-15-18(14-21(35)22(36)34-11-12-39-16-34)32-7-9-33(10-8-32)23-30-19-13-17(26(27,28)29)5-6-20(19)31(23)4/h5-6,13,18,21H,7-12,14-16H2,1-4H3/t18-,21-/m0/s1. The number of imidazole rings is 1. The Morgan fingerprint density at radius 3 is 2.41 bits per heavy atom. The van der Waals surface area contributed by atoms with Crippen LogP contribution in [-0.2, 0) is 22.8 Å². The third kappa shape index (κ3) is 5.79. The predicted octanol–water partition coefficient (Wildman–Crippen LogP) is 3.63. The predicted molar refractivity (Wildman–Crippen MR) is 144 cm³/mol. The summed E-state index contributed by atoms with van der Waals surface area (Å²) in [5, 5.41) is 0. The molecule has 1 aromatic heterocycles.